The quantitative estimate of drug-likeness (QED) is 0.628. The Bertz CT molecular complexity index is 1060. The Morgan fingerprint density at radius 2 is 1.77 bits per heavy atom. The fourth-order valence-electron chi connectivity index (χ4n) is 3.16. The molecule has 3 rings (SSSR count). The maximum Gasteiger partial charge on any atom is 0.344 e. The lowest BCUT2D eigenvalue weighted by atomic mass is 10.1. The van der Waals surface area contributed by atoms with Gasteiger partial charge in [0.2, 0.25) is 15.9 Å². The Morgan fingerprint density at radius 1 is 1.13 bits per heavy atom. The SMILES string of the molecule is CCOC(=O)COc1ccc(NC(=O)C2(C)CCN(c3ccc(Cl)cc3)S2(=O)=O)cc1. The van der Waals surface area contributed by atoms with Crippen LogP contribution in [-0.4, -0.2) is 44.8 Å². The summed E-state index contributed by atoms with van der Waals surface area (Å²) < 4.78 is 36.0. The summed E-state index contributed by atoms with van der Waals surface area (Å²) in [5.74, 6) is -0.687. The summed E-state index contributed by atoms with van der Waals surface area (Å²) in [6.45, 7) is 3.36. The number of esters is 1. The number of hydrogen-bond acceptors (Lipinski definition) is 6. The number of anilines is 2. The van der Waals surface area contributed by atoms with Crippen LogP contribution in [0.25, 0.3) is 0 Å². The molecule has 1 N–H and O–H groups in total. The maximum absolute atomic E-state index is 13.2. The Kier molecular flexibility index (Phi) is 6.76. The monoisotopic (exact) mass is 466 g/mol. The van der Waals surface area contributed by atoms with E-state index in [1.54, 1.807) is 55.5 Å². The van der Waals surface area contributed by atoms with Crippen LogP contribution in [0.3, 0.4) is 0 Å². The van der Waals surface area contributed by atoms with E-state index in [9.17, 15) is 18.0 Å². The second-order valence-electron chi connectivity index (χ2n) is 7.11. The summed E-state index contributed by atoms with van der Waals surface area (Å²) >= 11 is 5.88. The minimum absolute atomic E-state index is 0.143. The van der Waals surface area contributed by atoms with Crippen molar-refractivity contribution in [1.29, 1.82) is 0 Å². The molecule has 1 aliphatic rings. The van der Waals surface area contributed by atoms with Crippen molar-refractivity contribution in [2.75, 3.05) is 29.4 Å². The maximum atomic E-state index is 13.2. The Hall–Kier alpha value is -2.78. The van der Waals surface area contributed by atoms with Crippen LogP contribution < -0.4 is 14.4 Å². The zero-order valence-corrected chi connectivity index (χ0v) is 18.7. The number of nitrogens with zero attached hydrogens (tertiary/aromatic N) is 1. The molecule has 0 aromatic heterocycles. The standard InChI is InChI=1S/C21H23ClN2O6S/c1-3-29-19(25)14-30-18-10-6-16(7-11-18)23-20(26)21(2)12-13-24(31(21,27)28)17-8-4-15(22)5-9-17/h4-11H,3,12-14H2,1-2H3,(H,23,26). The number of hydrogen-bond donors (Lipinski definition) is 1. The third-order valence-electron chi connectivity index (χ3n) is 5.02. The van der Waals surface area contributed by atoms with Crippen molar-refractivity contribution in [2.45, 2.75) is 25.0 Å². The van der Waals surface area contributed by atoms with Crippen molar-refractivity contribution in [1.82, 2.24) is 0 Å². The summed E-state index contributed by atoms with van der Waals surface area (Å²) in [7, 11) is -3.94. The fraction of sp³-hybridized carbons (Fsp3) is 0.333. The molecule has 0 aliphatic carbocycles. The molecule has 1 unspecified atom stereocenters. The first-order chi connectivity index (χ1) is 14.7. The molecular weight excluding hydrogens is 444 g/mol. The molecule has 1 atom stereocenters. The summed E-state index contributed by atoms with van der Waals surface area (Å²) in [5.41, 5.74) is 0.874. The van der Waals surface area contributed by atoms with E-state index in [4.69, 9.17) is 21.1 Å². The van der Waals surface area contributed by atoms with Gasteiger partial charge in [0.05, 0.1) is 12.3 Å². The molecule has 166 valence electrons. The normalized spacial score (nSPS) is 19.6. The van der Waals surface area contributed by atoms with E-state index in [1.807, 2.05) is 0 Å². The Balaban J connectivity index is 1.68. The molecule has 1 fully saturated rings. The number of halogens is 1. The largest absolute Gasteiger partial charge is 0.482 e. The second kappa shape index (κ2) is 9.15. The Morgan fingerprint density at radius 3 is 2.39 bits per heavy atom. The van der Waals surface area contributed by atoms with Crippen LogP contribution in [0.5, 0.6) is 5.75 Å². The van der Waals surface area contributed by atoms with Gasteiger partial charge in [-0.05, 0) is 68.8 Å². The van der Waals surface area contributed by atoms with Gasteiger partial charge in [0.25, 0.3) is 0 Å². The molecule has 0 spiro atoms. The summed E-state index contributed by atoms with van der Waals surface area (Å²) in [6.07, 6.45) is 0.143. The topological polar surface area (TPSA) is 102 Å². The lowest BCUT2D eigenvalue weighted by Gasteiger charge is -2.25. The van der Waals surface area contributed by atoms with Crippen LogP contribution in [0, 0.1) is 0 Å². The van der Waals surface area contributed by atoms with E-state index in [2.05, 4.69) is 5.32 Å². The third kappa shape index (κ3) is 4.77. The molecular formula is C21H23ClN2O6S. The molecule has 0 bridgehead atoms. The van der Waals surface area contributed by atoms with E-state index < -0.39 is 26.6 Å². The van der Waals surface area contributed by atoms with E-state index in [-0.39, 0.29) is 26.2 Å². The van der Waals surface area contributed by atoms with E-state index in [0.717, 1.165) is 0 Å². The molecule has 31 heavy (non-hydrogen) atoms. The van der Waals surface area contributed by atoms with Gasteiger partial charge in [-0.3, -0.25) is 9.10 Å². The number of benzene rings is 2. The molecule has 2 aromatic rings. The van der Waals surface area contributed by atoms with Crippen LogP contribution >= 0.6 is 11.6 Å². The van der Waals surface area contributed by atoms with Gasteiger partial charge in [0.1, 0.15) is 5.75 Å². The van der Waals surface area contributed by atoms with Gasteiger partial charge >= 0.3 is 5.97 Å². The van der Waals surface area contributed by atoms with Crippen LogP contribution in [0.2, 0.25) is 5.02 Å². The van der Waals surface area contributed by atoms with E-state index in [0.29, 0.717) is 22.1 Å². The molecule has 0 radical (unpaired) electrons. The van der Waals surface area contributed by atoms with Gasteiger partial charge in [-0.15, -0.1) is 0 Å². The smallest absolute Gasteiger partial charge is 0.344 e. The fourth-order valence-corrected chi connectivity index (χ4v) is 5.13. The van der Waals surface area contributed by atoms with E-state index >= 15 is 0 Å². The van der Waals surface area contributed by atoms with Crippen molar-refractivity contribution in [3.63, 3.8) is 0 Å². The van der Waals surface area contributed by atoms with Crippen LogP contribution in [0.15, 0.2) is 48.5 Å². The van der Waals surface area contributed by atoms with Gasteiger partial charge < -0.3 is 14.8 Å². The number of ether oxygens (including phenoxy) is 2. The average molecular weight is 467 g/mol. The van der Waals surface area contributed by atoms with Crippen molar-refractivity contribution in [3.05, 3.63) is 53.6 Å². The van der Waals surface area contributed by atoms with E-state index in [1.165, 1.54) is 11.2 Å². The molecule has 1 amide bonds. The van der Waals surface area contributed by atoms with Crippen molar-refractivity contribution >= 4 is 44.9 Å². The Labute approximate surface area is 186 Å². The average Bonchev–Trinajstić information content (AvgIpc) is 2.98. The summed E-state index contributed by atoms with van der Waals surface area (Å²) in [4.78, 5) is 24.3. The molecule has 8 nitrogen and oxygen atoms in total. The van der Waals surface area contributed by atoms with Gasteiger partial charge in [0, 0.05) is 17.3 Å². The number of sulfonamides is 1. The summed E-state index contributed by atoms with van der Waals surface area (Å²) in [5, 5.41) is 3.16. The van der Waals surface area contributed by atoms with Crippen molar-refractivity contribution in [2.24, 2.45) is 0 Å². The lowest BCUT2D eigenvalue weighted by Crippen LogP contribution is -2.47. The highest BCUT2D eigenvalue weighted by atomic mass is 35.5. The van der Waals surface area contributed by atoms with Gasteiger partial charge in [-0.1, -0.05) is 11.6 Å². The number of nitrogens with one attached hydrogen (secondary N) is 1. The number of carbonyl (C=O) groups excluding carboxylic acids is 2. The number of carbonyl (C=O) groups is 2. The first kappa shape index (κ1) is 22.9. The van der Waals surface area contributed by atoms with Crippen LogP contribution in [0.1, 0.15) is 20.3 Å². The second-order valence-corrected chi connectivity index (χ2v) is 9.84. The highest BCUT2D eigenvalue weighted by Crippen LogP contribution is 2.37. The minimum atomic E-state index is -3.94. The zero-order valence-electron chi connectivity index (χ0n) is 17.1. The molecule has 0 saturated carbocycles. The number of amides is 1. The third-order valence-corrected chi connectivity index (χ3v) is 7.77. The van der Waals surface area contributed by atoms with Crippen molar-refractivity contribution in [3.8, 4) is 5.75 Å². The first-order valence-electron chi connectivity index (χ1n) is 9.65. The summed E-state index contributed by atoms with van der Waals surface area (Å²) in [6, 6.07) is 12.7. The molecule has 1 heterocycles. The van der Waals surface area contributed by atoms with Gasteiger partial charge in [-0.25, -0.2) is 13.2 Å². The number of rotatable bonds is 7. The van der Waals surface area contributed by atoms with Crippen LogP contribution in [-0.2, 0) is 24.3 Å². The van der Waals surface area contributed by atoms with Crippen molar-refractivity contribution < 1.29 is 27.5 Å². The first-order valence-corrected chi connectivity index (χ1v) is 11.5. The lowest BCUT2D eigenvalue weighted by molar-refractivity contribution is -0.145. The molecule has 10 heteroatoms. The van der Waals surface area contributed by atoms with Gasteiger partial charge in [-0.2, -0.15) is 0 Å². The highest BCUT2D eigenvalue weighted by Gasteiger charge is 2.54. The predicted octanol–water partition coefficient (Wildman–Crippen LogP) is 3.22. The van der Waals surface area contributed by atoms with Gasteiger partial charge in [0.15, 0.2) is 11.4 Å². The molecule has 2 aromatic carbocycles. The van der Waals surface area contributed by atoms with Crippen LogP contribution in [0.4, 0.5) is 11.4 Å². The molecule has 1 aliphatic heterocycles. The predicted molar refractivity (Wildman–Crippen MR) is 118 cm³/mol. The minimum Gasteiger partial charge on any atom is -0.482 e. The highest BCUT2D eigenvalue weighted by molar-refractivity contribution is 7.95. The zero-order chi connectivity index (χ0) is 22.6. The molecule has 1 saturated heterocycles.